The van der Waals surface area contributed by atoms with Gasteiger partial charge in [-0.05, 0) is 36.4 Å². The van der Waals surface area contributed by atoms with Crippen LogP contribution in [0.1, 0.15) is 10.4 Å². The Morgan fingerprint density at radius 3 is 2.63 bits per heavy atom. The smallest absolute Gasteiger partial charge is 0.153 e. The van der Waals surface area contributed by atoms with E-state index in [1.165, 1.54) is 12.1 Å². The second-order valence-corrected chi connectivity index (χ2v) is 4.06. The van der Waals surface area contributed by atoms with Gasteiger partial charge >= 0.3 is 0 Å². The molecule has 5 heteroatoms. The van der Waals surface area contributed by atoms with E-state index < -0.39 is 0 Å². The number of carbonyl (C=O) groups is 1. The van der Waals surface area contributed by atoms with Crippen LogP contribution in [0.25, 0.3) is 17.1 Å². The molecule has 0 aliphatic carbocycles. The number of H-pyrrole nitrogens is 1. The second-order valence-electron chi connectivity index (χ2n) is 4.06. The van der Waals surface area contributed by atoms with Gasteiger partial charge in [-0.3, -0.25) is 4.79 Å². The Kier molecular flexibility index (Phi) is 2.72. The number of carbonyl (C=O) groups excluding carboxylic acids is 1. The summed E-state index contributed by atoms with van der Waals surface area (Å²) in [4.78, 5) is 14.1. The molecule has 0 unspecified atom stereocenters. The number of benzene rings is 1. The van der Waals surface area contributed by atoms with Gasteiger partial charge in [0, 0.05) is 12.4 Å². The van der Waals surface area contributed by atoms with Crippen LogP contribution in [0.5, 0.6) is 0 Å². The lowest BCUT2D eigenvalue weighted by Crippen LogP contribution is -1.94. The third kappa shape index (κ3) is 2.06. The highest BCUT2D eigenvalue weighted by atomic mass is 19.1. The van der Waals surface area contributed by atoms with E-state index in [1.54, 1.807) is 29.2 Å². The van der Waals surface area contributed by atoms with Crippen molar-refractivity contribution in [2.45, 2.75) is 0 Å². The number of halogens is 1. The van der Waals surface area contributed by atoms with Gasteiger partial charge in [0.1, 0.15) is 11.5 Å². The topological polar surface area (TPSA) is 50.7 Å². The van der Waals surface area contributed by atoms with Crippen LogP contribution in [0.3, 0.4) is 0 Å². The van der Waals surface area contributed by atoms with Crippen molar-refractivity contribution in [2.75, 3.05) is 0 Å². The average Bonchev–Trinajstić information content (AvgIpc) is 3.08. The van der Waals surface area contributed by atoms with E-state index in [9.17, 15) is 9.18 Å². The minimum absolute atomic E-state index is 0.309. The van der Waals surface area contributed by atoms with Crippen LogP contribution in [0.2, 0.25) is 0 Å². The highest BCUT2D eigenvalue weighted by Crippen LogP contribution is 2.20. The molecule has 3 rings (SSSR count). The molecule has 0 saturated heterocycles. The van der Waals surface area contributed by atoms with Crippen molar-refractivity contribution in [1.29, 1.82) is 0 Å². The summed E-state index contributed by atoms with van der Waals surface area (Å²) in [6.45, 7) is 0. The molecule has 0 amide bonds. The summed E-state index contributed by atoms with van der Waals surface area (Å²) in [6, 6.07) is 9.59. The maximum atomic E-state index is 12.9. The van der Waals surface area contributed by atoms with E-state index in [1.807, 2.05) is 12.1 Å². The molecule has 0 aliphatic heterocycles. The van der Waals surface area contributed by atoms with Gasteiger partial charge in [0.15, 0.2) is 6.29 Å². The number of aromatic amines is 1. The summed E-state index contributed by atoms with van der Waals surface area (Å²) in [5.41, 5.74) is 2.52. The molecule has 0 saturated carbocycles. The minimum Gasteiger partial charge on any atom is -0.360 e. The second kappa shape index (κ2) is 4.53. The van der Waals surface area contributed by atoms with Crippen LogP contribution in [0, 0.1) is 5.82 Å². The van der Waals surface area contributed by atoms with E-state index in [0.29, 0.717) is 16.9 Å². The Bertz CT molecular complexity index is 699. The maximum Gasteiger partial charge on any atom is 0.153 e. The summed E-state index contributed by atoms with van der Waals surface area (Å²) in [5, 5.41) is 4.36. The fourth-order valence-electron chi connectivity index (χ4n) is 1.89. The normalized spacial score (nSPS) is 10.6. The molecule has 0 atom stereocenters. The van der Waals surface area contributed by atoms with Crippen molar-refractivity contribution in [3.8, 4) is 17.1 Å². The number of hydrogen-bond acceptors (Lipinski definition) is 2. The quantitative estimate of drug-likeness (QED) is 0.731. The van der Waals surface area contributed by atoms with E-state index in [2.05, 4.69) is 10.1 Å². The predicted octanol–water partition coefficient (Wildman–Crippen LogP) is 2.82. The van der Waals surface area contributed by atoms with Gasteiger partial charge in [-0.15, -0.1) is 0 Å². The number of aldehydes is 1. The molecule has 1 aromatic carbocycles. The first-order chi connectivity index (χ1) is 9.28. The van der Waals surface area contributed by atoms with Crippen LogP contribution in [0.4, 0.5) is 4.39 Å². The van der Waals surface area contributed by atoms with Gasteiger partial charge < -0.3 is 4.98 Å². The van der Waals surface area contributed by atoms with Crippen molar-refractivity contribution >= 4 is 6.29 Å². The zero-order chi connectivity index (χ0) is 13.2. The third-order valence-electron chi connectivity index (χ3n) is 2.81. The molecule has 1 N–H and O–H groups in total. The Morgan fingerprint density at radius 2 is 2.00 bits per heavy atom. The molecule has 4 nitrogen and oxygen atoms in total. The Hall–Kier alpha value is -2.69. The number of nitrogens with zero attached hydrogens (tertiary/aromatic N) is 2. The van der Waals surface area contributed by atoms with Gasteiger partial charge in [0.05, 0.1) is 16.9 Å². The SMILES string of the molecule is O=Cc1cn(-c2ccc(F)cc2)nc1-c1ccc[nH]1. The van der Waals surface area contributed by atoms with Crippen molar-refractivity contribution in [3.63, 3.8) is 0 Å². The molecule has 0 aliphatic rings. The first-order valence-corrected chi connectivity index (χ1v) is 5.72. The van der Waals surface area contributed by atoms with Gasteiger partial charge in [-0.2, -0.15) is 5.10 Å². The van der Waals surface area contributed by atoms with Crippen LogP contribution in [-0.2, 0) is 0 Å². The number of aromatic nitrogens is 3. The van der Waals surface area contributed by atoms with Crippen molar-refractivity contribution in [3.05, 3.63) is 60.2 Å². The molecule has 19 heavy (non-hydrogen) atoms. The average molecular weight is 255 g/mol. The van der Waals surface area contributed by atoms with Crippen molar-refractivity contribution < 1.29 is 9.18 Å². The van der Waals surface area contributed by atoms with Crippen LogP contribution in [-0.4, -0.2) is 21.1 Å². The summed E-state index contributed by atoms with van der Waals surface area (Å²) in [6.07, 6.45) is 4.14. The summed E-state index contributed by atoms with van der Waals surface area (Å²) in [5.74, 6) is -0.309. The zero-order valence-corrected chi connectivity index (χ0v) is 9.88. The number of rotatable bonds is 3. The number of nitrogens with one attached hydrogen (secondary N) is 1. The molecular formula is C14H10FN3O. The predicted molar refractivity (Wildman–Crippen MR) is 68.7 cm³/mol. The lowest BCUT2D eigenvalue weighted by Gasteiger charge is -2.00. The standard InChI is InChI=1S/C14H10FN3O/c15-11-3-5-12(6-4-11)18-8-10(9-19)14(17-18)13-2-1-7-16-13/h1-9,16H. The highest BCUT2D eigenvalue weighted by Gasteiger charge is 2.12. The van der Waals surface area contributed by atoms with Gasteiger partial charge in [0.25, 0.3) is 0 Å². The van der Waals surface area contributed by atoms with Crippen molar-refractivity contribution in [2.24, 2.45) is 0 Å². The van der Waals surface area contributed by atoms with Crippen molar-refractivity contribution in [1.82, 2.24) is 14.8 Å². The highest BCUT2D eigenvalue weighted by molar-refractivity contribution is 5.84. The van der Waals surface area contributed by atoms with E-state index in [4.69, 9.17) is 0 Å². The molecule has 2 heterocycles. The van der Waals surface area contributed by atoms with Gasteiger partial charge in [-0.1, -0.05) is 0 Å². The zero-order valence-electron chi connectivity index (χ0n) is 9.88. The number of hydrogen-bond donors (Lipinski definition) is 1. The molecular weight excluding hydrogens is 245 g/mol. The first kappa shape index (κ1) is 11.4. The van der Waals surface area contributed by atoms with Crippen LogP contribution >= 0.6 is 0 Å². The summed E-state index contributed by atoms with van der Waals surface area (Å²) >= 11 is 0. The summed E-state index contributed by atoms with van der Waals surface area (Å²) in [7, 11) is 0. The largest absolute Gasteiger partial charge is 0.360 e. The molecule has 0 fully saturated rings. The monoisotopic (exact) mass is 255 g/mol. The molecule has 3 aromatic rings. The molecule has 94 valence electrons. The van der Waals surface area contributed by atoms with E-state index >= 15 is 0 Å². The third-order valence-corrected chi connectivity index (χ3v) is 2.81. The molecule has 2 aromatic heterocycles. The fourth-order valence-corrected chi connectivity index (χ4v) is 1.89. The van der Waals surface area contributed by atoms with Crippen LogP contribution in [0.15, 0.2) is 48.8 Å². The first-order valence-electron chi connectivity index (χ1n) is 5.72. The molecule has 0 radical (unpaired) electrons. The Balaban J connectivity index is 2.09. The maximum absolute atomic E-state index is 12.9. The fraction of sp³-hybridized carbons (Fsp3) is 0. The molecule has 0 spiro atoms. The van der Waals surface area contributed by atoms with E-state index in [0.717, 1.165) is 12.0 Å². The Labute approximate surface area is 108 Å². The molecule has 0 bridgehead atoms. The lowest BCUT2D eigenvalue weighted by atomic mass is 10.2. The summed E-state index contributed by atoms with van der Waals surface area (Å²) < 4.78 is 14.4. The van der Waals surface area contributed by atoms with Crippen LogP contribution < -0.4 is 0 Å². The van der Waals surface area contributed by atoms with Gasteiger partial charge in [0.2, 0.25) is 0 Å². The Morgan fingerprint density at radius 1 is 1.21 bits per heavy atom. The van der Waals surface area contributed by atoms with Gasteiger partial charge in [-0.25, -0.2) is 9.07 Å². The lowest BCUT2D eigenvalue weighted by molar-refractivity contribution is 0.112. The minimum atomic E-state index is -0.309. The van der Waals surface area contributed by atoms with E-state index in [-0.39, 0.29) is 5.82 Å².